The summed E-state index contributed by atoms with van der Waals surface area (Å²) >= 11 is 0. The van der Waals surface area contributed by atoms with Gasteiger partial charge in [-0.2, -0.15) is 0 Å². The first kappa shape index (κ1) is 18.6. The van der Waals surface area contributed by atoms with Gasteiger partial charge < -0.3 is 4.52 Å². The maximum atomic E-state index is 14.5. The van der Waals surface area contributed by atoms with Crippen LogP contribution >= 0.6 is 0 Å². The van der Waals surface area contributed by atoms with Gasteiger partial charge in [-0.3, -0.25) is 4.79 Å². The first-order chi connectivity index (χ1) is 13.4. The summed E-state index contributed by atoms with van der Waals surface area (Å²) in [6.07, 6.45) is 4.37. The molecule has 0 amide bonds. The molecule has 7 heteroatoms. The standard InChI is InChI=1S/C21H18FNO4S/c1-28(25,26)19-8-4-7-18(22)16(19)11-14-5-2-3-6-15(14)20(24)17-12-23-27-21(17)13-9-10-13/h2-8,12-13H,9-11H2,1H3. The summed E-state index contributed by atoms with van der Waals surface area (Å²) in [6, 6.07) is 10.8. The van der Waals surface area contributed by atoms with E-state index < -0.39 is 15.7 Å². The number of hydrogen-bond acceptors (Lipinski definition) is 5. The number of benzene rings is 2. The highest BCUT2D eigenvalue weighted by Crippen LogP contribution is 2.42. The number of nitrogens with zero attached hydrogens (tertiary/aromatic N) is 1. The molecule has 3 aromatic rings. The first-order valence-corrected chi connectivity index (χ1v) is 10.8. The minimum absolute atomic E-state index is 0.0129. The van der Waals surface area contributed by atoms with Crippen molar-refractivity contribution in [2.45, 2.75) is 30.1 Å². The number of ketones is 1. The molecule has 1 aromatic heterocycles. The Bertz CT molecular complexity index is 1160. The smallest absolute Gasteiger partial charge is 0.198 e. The van der Waals surface area contributed by atoms with Gasteiger partial charge in [0, 0.05) is 29.7 Å². The van der Waals surface area contributed by atoms with E-state index in [1.54, 1.807) is 24.3 Å². The predicted molar refractivity (Wildman–Crippen MR) is 101 cm³/mol. The molecule has 1 fully saturated rings. The second-order valence-electron chi connectivity index (χ2n) is 7.03. The van der Waals surface area contributed by atoms with Gasteiger partial charge in [-0.05, 0) is 30.5 Å². The van der Waals surface area contributed by atoms with E-state index in [9.17, 15) is 17.6 Å². The number of sulfone groups is 1. The van der Waals surface area contributed by atoms with E-state index >= 15 is 0 Å². The molecule has 0 spiro atoms. The summed E-state index contributed by atoms with van der Waals surface area (Å²) in [7, 11) is -3.61. The Labute approximate surface area is 162 Å². The minimum Gasteiger partial charge on any atom is -0.360 e. The molecule has 1 aliphatic rings. The van der Waals surface area contributed by atoms with E-state index in [4.69, 9.17) is 4.52 Å². The van der Waals surface area contributed by atoms with Crippen molar-refractivity contribution in [1.82, 2.24) is 5.16 Å². The van der Waals surface area contributed by atoms with Crippen molar-refractivity contribution in [3.05, 3.63) is 82.5 Å². The lowest BCUT2D eigenvalue weighted by molar-refractivity contribution is 0.103. The molecule has 0 unspecified atom stereocenters. The molecule has 0 bridgehead atoms. The van der Waals surface area contributed by atoms with Gasteiger partial charge in [0.05, 0.1) is 16.7 Å². The summed E-state index contributed by atoms with van der Waals surface area (Å²) in [5.74, 6) is -0.0654. The molecule has 1 heterocycles. The van der Waals surface area contributed by atoms with Gasteiger partial charge in [0.15, 0.2) is 21.4 Å². The Morgan fingerprint density at radius 1 is 1.14 bits per heavy atom. The van der Waals surface area contributed by atoms with E-state index in [2.05, 4.69) is 5.16 Å². The van der Waals surface area contributed by atoms with Crippen molar-refractivity contribution < 1.29 is 22.1 Å². The monoisotopic (exact) mass is 399 g/mol. The number of rotatable bonds is 6. The van der Waals surface area contributed by atoms with E-state index in [0.29, 0.717) is 22.5 Å². The van der Waals surface area contributed by atoms with Crippen molar-refractivity contribution in [2.75, 3.05) is 6.26 Å². The SMILES string of the molecule is CS(=O)(=O)c1cccc(F)c1Cc1ccccc1C(=O)c1cnoc1C1CC1. The Balaban J connectivity index is 1.76. The number of hydrogen-bond donors (Lipinski definition) is 0. The lowest BCUT2D eigenvalue weighted by Crippen LogP contribution is -2.10. The van der Waals surface area contributed by atoms with Crippen LogP contribution in [0.4, 0.5) is 4.39 Å². The summed E-state index contributed by atoms with van der Waals surface area (Å²) in [5, 5.41) is 3.77. The molecule has 5 nitrogen and oxygen atoms in total. The predicted octanol–water partition coefficient (Wildman–Crippen LogP) is 3.92. The zero-order chi connectivity index (χ0) is 19.9. The normalized spacial score (nSPS) is 14.2. The average Bonchev–Trinajstić information content (AvgIpc) is 3.39. The summed E-state index contributed by atoms with van der Waals surface area (Å²) in [6.45, 7) is 0. The van der Waals surface area contributed by atoms with Crippen LogP contribution < -0.4 is 0 Å². The average molecular weight is 399 g/mol. The fourth-order valence-electron chi connectivity index (χ4n) is 3.35. The number of aromatic nitrogens is 1. The maximum absolute atomic E-state index is 14.5. The molecular weight excluding hydrogens is 381 g/mol. The lowest BCUT2D eigenvalue weighted by atomic mass is 9.94. The molecule has 0 aliphatic heterocycles. The van der Waals surface area contributed by atoms with Gasteiger partial charge >= 0.3 is 0 Å². The minimum atomic E-state index is -3.61. The second kappa shape index (κ2) is 6.98. The third-order valence-electron chi connectivity index (χ3n) is 4.90. The van der Waals surface area contributed by atoms with Crippen LogP contribution in [-0.2, 0) is 16.3 Å². The molecule has 144 valence electrons. The van der Waals surface area contributed by atoms with Gasteiger partial charge in [-0.1, -0.05) is 35.5 Å². The Hall–Kier alpha value is -2.80. The summed E-state index contributed by atoms with van der Waals surface area (Å²) in [4.78, 5) is 13.1. The highest BCUT2D eigenvalue weighted by Gasteiger charge is 2.33. The molecule has 1 aliphatic carbocycles. The maximum Gasteiger partial charge on any atom is 0.198 e. The quantitative estimate of drug-likeness (QED) is 0.587. The first-order valence-electron chi connectivity index (χ1n) is 8.91. The third kappa shape index (κ3) is 3.49. The van der Waals surface area contributed by atoms with Gasteiger partial charge in [0.1, 0.15) is 5.82 Å². The molecule has 2 aromatic carbocycles. The van der Waals surface area contributed by atoms with Crippen molar-refractivity contribution in [2.24, 2.45) is 0 Å². The largest absolute Gasteiger partial charge is 0.360 e. The van der Waals surface area contributed by atoms with E-state index in [1.165, 1.54) is 24.4 Å². The van der Waals surface area contributed by atoms with Crippen LogP contribution in [0, 0.1) is 5.82 Å². The van der Waals surface area contributed by atoms with Gasteiger partial charge in [-0.25, -0.2) is 12.8 Å². The van der Waals surface area contributed by atoms with Crippen LogP contribution in [0.1, 0.15) is 51.6 Å². The number of halogens is 1. The molecular formula is C21H18FNO4S. The summed E-state index contributed by atoms with van der Waals surface area (Å²) < 4.78 is 43.9. The molecule has 1 saturated carbocycles. The topological polar surface area (TPSA) is 77.2 Å². The van der Waals surface area contributed by atoms with Crippen LogP contribution in [0.5, 0.6) is 0 Å². The zero-order valence-electron chi connectivity index (χ0n) is 15.2. The van der Waals surface area contributed by atoms with Crippen LogP contribution in [0.2, 0.25) is 0 Å². The van der Waals surface area contributed by atoms with E-state index in [1.807, 2.05) is 0 Å². The van der Waals surface area contributed by atoms with Crippen molar-refractivity contribution >= 4 is 15.6 Å². The van der Waals surface area contributed by atoms with Crippen molar-refractivity contribution in [3.63, 3.8) is 0 Å². The Morgan fingerprint density at radius 2 is 1.89 bits per heavy atom. The third-order valence-corrected chi connectivity index (χ3v) is 6.08. The molecule has 28 heavy (non-hydrogen) atoms. The van der Waals surface area contributed by atoms with E-state index in [-0.39, 0.29) is 28.6 Å². The Morgan fingerprint density at radius 3 is 2.61 bits per heavy atom. The highest BCUT2D eigenvalue weighted by atomic mass is 32.2. The van der Waals surface area contributed by atoms with Crippen LogP contribution in [0.3, 0.4) is 0 Å². The highest BCUT2D eigenvalue weighted by molar-refractivity contribution is 7.90. The van der Waals surface area contributed by atoms with E-state index in [0.717, 1.165) is 19.1 Å². The Kier molecular flexibility index (Phi) is 4.63. The lowest BCUT2D eigenvalue weighted by Gasteiger charge is -2.12. The van der Waals surface area contributed by atoms with Crippen molar-refractivity contribution in [1.29, 1.82) is 0 Å². The van der Waals surface area contributed by atoms with Gasteiger partial charge in [0.25, 0.3) is 0 Å². The fraction of sp³-hybridized carbons (Fsp3) is 0.238. The number of carbonyl (C=O) groups excluding carboxylic acids is 1. The van der Waals surface area contributed by atoms with Gasteiger partial charge in [-0.15, -0.1) is 0 Å². The zero-order valence-corrected chi connectivity index (χ0v) is 16.0. The molecule has 4 rings (SSSR count). The van der Waals surface area contributed by atoms with Crippen LogP contribution in [0.15, 0.2) is 58.1 Å². The summed E-state index contributed by atoms with van der Waals surface area (Å²) in [5.41, 5.74) is 1.39. The van der Waals surface area contributed by atoms with Gasteiger partial charge in [0.2, 0.25) is 0 Å². The fourth-order valence-corrected chi connectivity index (χ4v) is 4.29. The molecule has 0 radical (unpaired) electrons. The molecule has 0 atom stereocenters. The molecule has 0 saturated heterocycles. The molecule has 0 N–H and O–H groups in total. The van der Waals surface area contributed by atoms with Crippen LogP contribution in [0.25, 0.3) is 0 Å². The second-order valence-corrected chi connectivity index (χ2v) is 9.01. The van der Waals surface area contributed by atoms with Crippen LogP contribution in [-0.4, -0.2) is 25.6 Å². The number of carbonyl (C=O) groups is 1. The van der Waals surface area contributed by atoms with Crippen molar-refractivity contribution in [3.8, 4) is 0 Å².